The Hall–Kier alpha value is -3.23. The summed E-state index contributed by atoms with van der Waals surface area (Å²) >= 11 is 0. The maximum absolute atomic E-state index is 12.5. The highest BCUT2D eigenvalue weighted by molar-refractivity contribution is 6.44. The van der Waals surface area contributed by atoms with E-state index in [2.05, 4.69) is 10.1 Å². The SMILES string of the molecule is CC[C@@H](C)[C@H](NC(=O)CN1C(=O)C(=O)N(Cc2ccccc2)C1=O)C(=O)OC. The fraction of sp³-hybridized carbons (Fsp3) is 0.421. The van der Waals surface area contributed by atoms with Crippen molar-refractivity contribution in [2.24, 2.45) is 5.92 Å². The van der Waals surface area contributed by atoms with Crippen molar-refractivity contribution < 1.29 is 28.7 Å². The molecule has 0 spiro atoms. The Balaban J connectivity index is 2.07. The number of rotatable bonds is 8. The molecule has 1 saturated heterocycles. The highest BCUT2D eigenvalue weighted by atomic mass is 16.5. The lowest BCUT2D eigenvalue weighted by molar-refractivity contribution is -0.147. The van der Waals surface area contributed by atoms with E-state index in [0.717, 1.165) is 4.90 Å². The fourth-order valence-electron chi connectivity index (χ4n) is 2.75. The highest BCUT2D eigenvalue weighted by Gasteiger charge is 2.45. The molecule has 28 heavy (non-hydrogen) atoms. The van der Waals surface area contributed by atoms with Crippen molar-refractivity contribution >= 4 is 29.7 Å². The van der Waals surface area contributed by atoms with Crippen LogP contribution in [0, 0.1) is 5.92 Å². The highest BCUT2D eigenvalue weighted by Crippen LogP contribution is 2.16. The molecule has 0 aromatic heterocycles. The molecular formula is C19H23N3O6. The number of carbonyl (C=O) groups is 5. The van der Waals surface area contributed by atoms with Gasteiger partial charge in [0.15, 0.2) is 0 Å². The third-order valence-electron chi connectivity index (χ3n) is 4.60. The van der Waals surface area contributed by atoms with Gasteiger partial charge in [0.25, 0.3) is 0 Å². The number of imide groups is 2. The molecule has 1 N–H and O–H groups in total. The van der Waals surface area contributed by atoms with Crippen molar-refractivity contribution in [3.63, 3.8) is 0 Å². The number of nitrogens with one attached hydrogen (secondary N) is 1. The molecule has 2 atom stereocenters. The molecular weight excluding hydrogens is 366 g/mol. The summed E-state index contributed by atoms with van der Waals surface area (Å²) in [5.41, 5.74) is 0.672. The van der Waals surface area contributed by atoms with Gasteiger partial charge in [-0.3, -0.25) is 19.3 Å². The first kappa shape index (κ1) is 21.1. The molecule has 9 heteroatoms. The minimum atomic E-state index is -1.07. The second-order valence-electron chi connectivity index (χ2n) is 6.50. The first-order valence-corrected chi connectivity index (χ1v) is 8.88. The summed E-state index contributed by atoms with van der Waals surface area (Å²) in [5.74, 6) is -3.63. The van der Waals surface area contributed by atoms with Crippen molar-refractivity contribution in [1.29, 1.82) is 0 Å². The van der Waals surface area contributed by atoms with Gasteiger partial charge < -0.3 is 10.1 Å². The third kappa shape index (κ3) is 4.54. The molecule has 1 fully saturated rings. The third-order valence-corrected chi connectivity index (χ3v) is 4.60. The van der Waals surface area contributed by atoms with E-state index in [4.69, 9.17) is 0 Å². The molecule has 1 aliphatic heterocycles. The summed E-state index contributed by atoms with van der Waals surface area (Å²) in [4.78, 5) is 62.3. The maximum atomic E-state index is 12.5. The molecule has 1 aromatic rings. The summed E-state index contributed by atoms with van der Waals surface area (Å²) < 4.78 is 4.69. The van der Waals surface area contributed by atoms with Gasteiger partial charge in [-0.1, -0.05) is 50.6 Å². The molecule has 5 amide bonds. The zero-order chi connectivity index (χ0) is 20.8. The molecule has 0 unspecified atom stereocenters. The lowest BCUT2D eigenvalue weighted by Crippen LogP contribution is -2.50. The van der Waals surface area contributed by atoms with E-state index in [1.165, 1.54) is 7.11 Å². The van der Waals surface area contributed by atoms with Gasteiger partial charge in [-0.25, -0.2) is 14.5 Å². The van der Waals surface area contributed by atoms with Gasteiger partial charge >= 0.3 is 23.8 Å². The van der Waals surface area contributed by atoms with Gasteiger partial charge in [0.05, 0.1) is 13.7 Å². The van der Waals surface area contributed by atoms with Crippen LogP contribution >= 0.6 is 0 Å². The van der Waals surface area contributed by atoms with Gasteiger partial charge in [0.2, 0.25) is 5.91 Å². The molecule has 0 aliphatic carbocycles. The molecule has 9 nitrogen and oxygen atoms in total. The van der Waals surface area contributed by atoms with E-state index in [1.54, 1.807) is 37.3 Å². The van der Waals surface area contributed by atoms with Crippen LogP contribution in [0.4, 0.5) is 4.79 Å². The number of nitrogens with zero attached hydrogens (tertiary/aromatic N) is 2. The molecule has 0 saturated carbocycles. The van der Waals surface area contributed by atoms with Crippen molar-refractivity contribution in [2.45, 2.75) is 32.9 Å². The lowest BCUT2D eigenvalue weighted by Gasteiger charge is -2.23. The van der Waals surface area contributed by atoms with Crippen LogP contribution in [0.15, 0.2) is 30.3 Å². The van der Waals surface area contributed by atoms with E-state index in [-0.39, 0.29) is 12.5 Å². The molecule has 0 bridgehead atoms. The van der Waals surface area contributed by atoms with Crippen LogP contribution in [0.3, 0.4) is 0 Å². The average Bonchev–Trinajstić information content (AvgIpc) is 2.89. The monoisotopic (exact) mass is 389 g/mol. The Morgan fingerprint density at radius 2 is 1.68 bits per heavy atom. The average molecular weight is 389 g/mol. The maximum Gasteiger partial charge on any atom is 0.335 e. The predicted molar refractivity (Wildman–Crippen MR) is 97.5 cm³/mol. The van der Waals surface area contributed by atoms with Gasteiger partial charge in [-0.15, -0.1) is 0 Å². The number of hydrogen-bond donors (Lipinski definition) is 1. The van der Waals surface area contributed by atoms with Gasteiger partial charge in [-0.2, -0.15) is 0 Å². The van der Waals surface area contributed by atoms with E-state index < -0.39 is 42.3 Å². The number of hydrogen-bond acceptors (Lipinski definition) is 6. The summed E-state index contributed by atoms with van der Waals surface area (Å²) in [6.45, 7) is 2.89. The smallest absolute Gasteiger partial charge is 0.335 e. The molecule has 0 radical (unpaired) electrons. The van der Waals surface area contributed by atoms with Crippen LogP contribution in [0.25, 0.3) is 0 Å². The number of urea groups is 1. The van der Waals surface area contributed by atoms with E-state index in [9.17, 15) is 24.0 Å². The van der Waals surface area contributed by atoms with Crippen LogP contribution in [-0.4, -0.2) is 59.2 Å². The van der Waals surface area contributed by atoms with E-state index in [0.29, 0.717) is 16.9 Å². The molecule has 1 aromatic carbocycles. The van der Waals surface area contributed by atoms with E-state index >= 15 is 0 Å². The van der Waals surface area contributed by atoms with Crippen molar-refractivity contribution in [1.82, 2.24) is 15.1 Å². The zero-order valence-corrected chi connectivity index (χ0v) is 16.0. The summed E-state index contributed by atoms with van der Waals surface area (Å²) in [6, 6.07) is 6.93. The largest absolute Gasteiger partial charge is 0.467 e. The first-order valence-electron chi connectivity index (χ1n) is 8.88. The van der Waals surface area contributed by atoms with Crippen molar-refractivity contribution in [3.05, 3.63) is 35.9 Å². The lowest BCUT2D eigenvalue weighted by atomic mass is 9.99. The Labute approximate surface area is 162 Å². The summed E-state index contributed by atoms with van der Waals surface area (Å²) in [5, 5.41) is 2.48. The second-order valence-corrected chi connectivity index (χ2v) is 6.50. The van der Waals surface area contributed by atoms with Gasteiger partial charge in [0.1, 0.15) is 12.6 Å². The fourth-order valence-corrected chi connectivity index (χ4v) is 2.75. The van der Waals surface area contributed by atoms with Crippen LogP contribution in [0.1, 0.15) is 25.8 Å². The van der Waals surface area contributed by atoms with Crippen molar-refractivity contribution in [3.8, 4) is 0 Å². The molecule has 2 rings (SSSR count). The first-order chi connectivity index (χ1) is 13.3. The minimum absolute atomic E-state index is 0.0694. The van der Waals surface area contributed by atoms with E-state index in [1.807, 2.05) is 6.92 Å². The Kier molecular flexibility index (Phi) is 6.86. The topological polar surface area (TPSA) is 113 Å². The number of esters is 1. The number of ether oxygens (including phenoxy) is 1. The van der Waals surface area contributed by atoms with Crippen molar-refractivity contribution in [2.75, 3.05) is 13.7 Å². The minimum Gasteiger partial charge on any atom is -0.467 e. The van der Waals surface area contributed by atoms with Gasteiger partial charge in [0, 0.05) is 0 Å². The normalized spacial score (nSPS) is 16.2. The molecule has 150 valence electrons. The quantitative estimate of drug-likeness (QED) is 0.397. The van der Waals surface area contributed by atoms with Crippen LogP contribution < -0.4 is 5.32 Å². The molecule has 1 heterocycles. The number of methoxy groups -OCH3 is 1. The standard InChI is InChI=1S/C19H23N3O6/c1-4-12(2)15(18(26)28-3)20-14(23)11-22-17(25)16(24)21(19(22)27)10-13-8-6-5-7-9-13/h5-9,12,15H,4,10-11H2,1-3H3,(H,20,23)/t12-,15+/m1/s1. The Bertz CT molecular complexity index is 779. The van der Waals surface area contributed by atoms with Crippen LogP contribution in [-0.2, 0) is 30.5 Å². The Morgan fingerprint density at radius 1 is 1.07 bits per heavy atom. The number of amides is 5. The summed E-state index contributed by atoms with van der Waals surface area (Å²) in [7, 11) is 1.21. The van der Waals surface area contributed by atoms with Crippen LogP contribution in [0.2, 0.25) is 0 Å². The molecule has 1 aliphatic rings. The number of benzene rings is 1. The van der Waals surface area contributed by atoms with Gasteiger partial charge in [-0.05, 0) is 11.5 Å². The second kappa shape index (κ2) is 9.12. The number of carbonyl (C=O) groups excluding carboxylic acids is 5. The Morgan fingerprint density at radius 3 is 2.25 bits per heavy atom. The summed E-state index contributed by atoms with van der Waals surface area (Å²) in [6.07, 6.45) is 0.602. The zero-order valence-electron chi connectivity index (χ0n) is 16.0. The van der Waals surface area contributed by atoms with Crippen LogP contribution in [0.5, 0.6) is 0 Å². The predicted octanol–water partition coefficient (Wildman–Crippen LogP) is 0.681.